The summed E-state index contributed by atoms with van der Waals surface area (Å²) in [5.41, 5.74) is 3.00. The Morgan fingerprint density at radius 1 is 1.21 bits per heavy atom. The lowest BCUT2D eigenvalue weighted by Crippen LogP contribution is -2.47. The highest BCUT2D eigenvalue weighted by molar-refractivity contribution is 5.85. The van der Waals surface area contributed by atoms with E-state index < -0.39 is 0 Å². The average molecular weight is 382 g/mol. The molecule has 5 heteroatoms. The Bertz CT molecular complexity index is 773. The molecule has 2 N–H and O–H groups in total. The predicted octanol–water partition coefficient (Wildman–Crippen LogP) is 2.00. The van der Waals surface area contributed by atoms with E-state index in [9.17, 15) is 9.59 Å². The Kier molecular flexibility index (Phi) is 4.66. The van der Waals surface area contributed by atoms with Gasteiger partial charge >= 0.3 is 0 Å². The van der Waals surface area contributed by atoms with Crippen LogP contribution in [-0.2, 0) is 21.4 Å². The monoisotopic (exact) mass is 381 g/mol. The molecule has 5 rings (SSSR count). The largest absolute Gasteiger partial charge is 0.354 e. The molecule has 0 radical (unpaired) electrons. The van der Waals surface area contributed by atoms with Crippen LogP contribution in [0.2, 0.25) is 0 Å². The zero-order valence-corrected chi connectivity index (χ0v) is 16.6. The molecule has 2 aliphatic heterocycles. The number of hydrogen-bond donors (Lipinski definition) is 2. The minimum atomic E-state index is -0.0184. The third-order valence-corrected chi connectivity index (χ3v) is 7.54. The molecule has 150 valence electrons. The fraction of sp³-hybridized carbons (Fsp3) is 0.652. The standard InChI is InChI=1S/C23H31N3O2/c27-21(20-8-3-11-24-20)25-14-16-5-4-12-26(15-16)22(28)19-13-23(19)10-9-17-6-1-2-7-18(17)23/h1-2,6-7,16,19-20,24H,3-5,8-15H2,(H,25,27). The summed E-state index contributed by atoms with van der Waals surface area (Å²) in [6.45, 7) is 3.31. The van der Waals surface area contributed by atoms with Crippen LogP contribution in [0.15, 0.2) is 24.3 Å². The van der Waals surface area contributed by atoms with Crippen molar-refractivity contribution in [3.8, 4) is 0 Å². The molecule has 4 atom stereocenters. The fourth-order valence-corrected chi connectivity index (χ4v) is 5.85. The molecule has 1 saturated carbocycles. The lowest BCUT2D eigenvalue weighted by Gasteiger charge is -2.33. The lowest BCUT2D eigenvalue weighted by atomic mass is 9.93. The van der Waals surface area contributed by atoms with Crippen LogP contribution in [0.3, 0.4) is 0 Å². The van der Waals surface area contributed by atoms with Crippen LogP contribution in [-0.4, -0.2) is 48.9 Å². The smallest absolute Gasteiger partial charge is 0.237 e. The van der Waals surface area contributed by atoms with E-state index in [1.165, 1.54) is 11.1 Å². The number of likely N-dealkylation sites (tertiary alicyclic amines) is 1. The minimum absolute atomic E-state index is 0.0184. The molecular formula is C23H31N3O2. The molecule has 2 amide bonds. The molecule has 0 aromatic heterocycles. The van der Waals surface area contributed by atoms with Gasteiger partial charge in [0.25, 0.3) is 0 Å². The van der Waals surface area contributed by atoms with E-state index in [-0.39, 0.29) is 23.3 Å². The number of aryl methyl sites for hydroxylation is 1. The Balaban J connectivity index is 1.17. The van der Waals surface area contributed by atoms with Gasteiger partial charge < -0.3 is 15.5 Å². The second kappa shape index (κ2) is 7.18. The summed E-state index contributed by atoms with van der Waals surface area (Å²) in [7, 11) is 0. The summed E-state index contributed by atoms with van der Waals surface area (Å²) < 4.78 is 0. The van der Waals surface area contributed by atoms with Crippen molar-refractivity contribution in [3.63, 3.8) is 0 Å². The maximum absolute atomic E-state index is 13.3. The molecule has 0 bridgehead atoms. The van der Waals surface area contributed by atoms with Crippen LogP contribution in [0.4, 0.5) is 0 Å². The molecule has 4 unspecified atom stereocenters. The van der Waals surface area contributed by atoms with E-state index in [0.29, 0.717) is 18.4 Å². The van der Waals surface area contributed by atoms with Crippen molar-refractivity contribution in [1.82, 2.24) is 15.5 Å². The van der Waals surface area contributed by atoms with Gasteiger partial charge in [-0.3, -0.25) is 9.59 Å². The van der Waals surface area contributed by atoms with Crippen LogP contribution < -0.4 is 10.6 Å². The number of nitrogens with one attached hydrogen (secondary N) is 2. The highest BCUT2D eigenvalue weighted by atomic mass is 16.2. The Labute approximate surface area is 167 Å². The first-order chi connectivity index (χ1) is 13.7. The predicted molar refractivity (Wildman–Crippen MR) is 108 cm³/mol. The number of amides is 2. The maximum Gasteiger partial charge on any atom is 0.237 e. The summed E-state index contributed by atoms with van der Waals surface area (Å²) in [6.07, 6.45) is 7.43. The van der Waals surface area contributed by atoms with E-state index in [2.05, 4.69) is 39.8 Å². The van der Waals surface area contributed by atoms with Gasteiger partial charge in [0.1, 0.15) is 0 Å². The first-order valence-electron chi connectivity index (χ1n) is 11.1. The van der Waals surface area contributed by atoms with Gasteiger partial charge in [-0.2, -0.15) is 0 Å². The number of carbonyl (C=O) groups is 2. The summed E-state index contributed by atoms with van der Waals surface area (Å²) in [4.78, 5) is 27.6. The van der Waals surface area contributed by atoms with E-state index in [0.717, 1.165) is 64.6 Å². The number of piperidine rings is 1. The van der Waals surface area contributed by atoms with Crippen molar-refractivity contribution >= 4 is 11.8 Å². The molecule has 2 aliphatic carbocycles. The highest BCUT2D eigenvalue weighted by Gasteiger charge is 2.62. The van der Waals surface area contributed by atoms with Crippen LogP contribution in [0, 0.1) is 11.8 Å². The van der Waals surface area contributed by atoms with Crippen molar-refractivity contribution < 1.29 is 9.59 Å². The SMILES string of the molecule is O=C(NCC1CCCN(C(=O)C2CC23CCc2ccccc23)C1)C1CCCN1. The van der Waals surface area contributed by atoms with Crippen LogP contribution in [0.5, 0.6) is 0 Å². The number of nitrogens with zero attached hydrogens (tertiary/aromatic N) is 1. The highest BCUT2D eigenvalue weighted by Crippen LogP contribution is 2.62. The summed E-state index contributed by atoms with van der Waals surface area (Å²) >= 11 is 0. The first-order valence-corrected chi connectivity index (χ1v) is 11.1. The topological polar surface area (TPSA) is 61.4 Å². The third kappa shape index (κ3) is 3.14. The van der Waals surface area contributed by atoms with Crippen molar-refractivity contribution in [3.05, 3.63) is 35.4 Å². The van der Waals surface area contributed by atoms with E-state index >= 15 is 0 Å². The molecule has 3 fully saturated rings. The fourth-order valence-electron chi connectivity index (χ4n) is 5.85. The van der Waals surface area contributed by atoms with Crippen molar-refractivity contribution in [2.75, 3.05) is 26.2 Å². The molecule has 1 spiro atoms. The van der Waals surface area contributed by atoms with Crippen LogP contribution in [0.1, 0.15) is 49.7 Å². The Hall–Kier alpha value is -1.88. The number of hydrogen-bond acceptors (Lipinski definition) is 3. The van der Waals surface area contributed by atoms with Gasteiger partial charge in [0, 0.05) is 31.0 Å². The molecule has 5 nitrogen and oxygen atoms in total. The molecular weight excluding hydrogens is 350 g/mol. The van der Waals surface area contributed by atoms with Crippen LogP contribution in [0.25, 0.3) is 0 Å². The molecule has 2 saturated heterocycles. The average Bonchev–Trinajstić information content (AvgIpc) is 3.06. The third-order valence-electron chi connectivity index (χ3n) is 7.54. The van der Waals surface area contributed by atoms with Gasteiger partial charge in [-0.15, -0.1) is 0 Å². The van der Waals surface area contributed by atoms with Crippen LogP contribution >= 0.6 is 0 Å². The van der Waals surface area contributed by atoms with E-state index in [1.807, 2.05) is 0 Å². The summed E-state index contributed by atoms with van der Waals surface area (Å²) in [5.74, 6) is 1.04. The first kappa shape index (κ1) is 18.2. The maximum atomic E-state index is 13.3. The van der Waals surface area contributed by atoms with Crippen molar-refractivity contribution in [2.24, 2.45) is 11.8 Å². The molecule has 28 heavy (non-hydrogen) atoms. The quantitative estimate of drug-likeness (QED) is 0.839. The normalized spacial score (nSPS) is 33.7. The Morgan fingerprint density at radius 2 is 2.11 bits per heavy atom. The van der Waals surface area contributed by atoms with E-state index in [1.54, 1.807) is 0 Å². The lowest BCUT2D eigenvalue weighted by molar-refractivity contribution is -0.134. The summed E-state index contributed by atoms with van der Waals surface area (Å²) in [5, 5.41) is 6.37. The molecule has 2 heterocycles. The van der Waals surface area contributed by atoms with E-state index in [4.69, 9.17) is 0 Å². The second-order valence-electron chi connectivity index (χ2n) is 9.26. The number of benzene rings is 1. The molecule has 1 aromatic carbocycles. The van der Waals surface area contributed by atoms with Crippen molar-refractivity contribution in [1.29, 1.82) is 0 Å². The van der Waals surface area contributed by atoms with Crippen molar-refractivity contribution in [2.45, 2.75) is 56.4 Å². The van der Waals surface area contributed by atoms with Gasteiger partial charge in [-0.05, 0) is 68.5 Å². The van der Waals surface area contributed by atoms with Gasteiger partial charge in [0.05, 0.1) is 6.04 Å². The van der Waals surface area contributed by atoms with Gasteiger partial charge in [0.2, 0.25) is 11.8 Å². The summed E-state index contributed by atoms with van der Waals surface area (Å²) in [6, 6.07) is 8.67. The number of fused-ring (bicyclic) bond motifs is 2. The zero-order valence-electron chi connectivity index (χ0n) is 16.6. The molecule has 1 aromatic rings. The van der Waals surface area contributed by atoms with Gasteiger partial charge in [-0.25, -0.2) is 0 Å². The Morgan fingerprint density at radius 3 is 2.96 bits per heavy atom. The van der Waals surface area contributed by atoms with Gasteiger partial charge in [-0.1, -0.05) is 24.3 Å². The minimum Gasteiger partial charge on any atom is -0.354 e. The zero-order chi connectivity index (χ0) is 19.1. The molecule has 4 aliphatic rings. The second-order valence-corrected chi connectivity index (χ2v) is 9.26. The number of carbonyl (C=O) groups excluding carboxylic acids is 2. The number of rotatable bonds is 4. The van der Waals surface area contributed by atoms with Gasteiger partial charge in [0.15, 0.2) is 0 Å².